The van der Waals surface area contributed by atoms with Crippen molar-refractivity contribution in [3.63, 3.8) is 0 Å². The molecule has 3 amide bonds. The van der Waals surface area contributed by atoms with Gasteiger partial charge in [0.25, 0.3) is 5.91 Å². The molecule has 0 saturated heterocycles. The summed E-state index contributed by atoms with van der Waals surface area (Å²) in [6.07, 6.45) is 0.000603. The maximum atomic E-state index is 13.9. The van der Waals surface area contributed by atoms with Crippen LogP contribution in [-0.2, 0) is 16.4 Å². The summed E-state index contributed by atoms with van der Waals surface area (Å²) in [7, 11) is -2.45. The minimum atomic E-state index is -3.94. The van der Waals surface area contributed by atoms with Gasteiger partial charge in [0.15, 0.2) is 5.75 Å². The quantitative estimate of drug-likeness (QED) is 0.243. The van der Waals surface area contributed by atoms with Crippen LogP contribution < -0.4 is 20.1 Å². The lowest BCUT2D eigenvalue weighted by molar-refractivity contribution is 0.0389. The van der Waals surface area contributed by atoms with Crippen molar-refractivity contribution in [2.75, 3.05) is 44.0 Å². The van der Waals surface area contributed by atoms with E-state index in [1.54, 1.807) is 54.3 Å². The Kier molecular flexibility index (Phi) is 9.09. The van der Waals surface area contributed by atoms with Crippen molar-refractivity contribution < 1.29 is 32.6 Å². The molecule has 3 atom stereocenters. The number of sulfonamides is 1. The van der Waals surface area contributed by atoms with Crippen LogP contribution in [0.15, 0.2) is 83.8 Å². The first kappa shape index (κ1) is 32.3. The van der Waals surface area contributed by atoms with Gasteiger partial charge in [-0.05, 0) is 42.1 Å². The van der Waals surface area contributed by atoms with Crippen LogP contribution in [0.3, 0.4) is 0 Å². The molecule has 2 heterocycles. The first-order chi connectivity index (χ1) is 22.6. The van der Waals surface area contributed by atoms with E-state index < -0.39 is 28.2 Å². The largest absolute Gasteiger partial charge is 0.493 e. The summed E-state index contributed by atoms with van der Waals surface area (Å²) in [6.45, 7) is 4.02. The number of aliphatic hydroxyl groups is 1. The number of likely N-dealkylation sites (N-methyl/N-ethyl adjacent to an activating group) is 1. The number of para-hydroxylation sites is 1. The van der Waals surface area contributed by atoms with E-state index in [-0.39, 0.29) is 53.4 Å². The zero-order valence-electron chi connectivity index (χ0n) is 26.5. The first-order valence-corrected chi connectivity index (χ1v) is 17.0. The third-order valence-corrected chi connectivity index (χ3v) is 10.6. The van der Waals surface area contributed by atoms with E-state index in [0.29, 0.717) is 18.0 Å². The average molecular weight is 659 g/mol. The lowest BCUT2D eigenvalue weighted by Gasteiger charge is -2.38. The number of amides is 3. The zero-order valence-corrected chi connectivity index (χ0v) is 27.3. The predicted octanol–water partition coefficient (Wildman–Crippen LogP) is 4.96. The molecule has 246 valence electrons. The normalized spacial score (nSPS) is 18.4. The number of aliphatic hydroxyl groups excluding tert-OH is 1. The SMILES string of the molecule is C[C@@H]1CN([C@@H](C)CO)C(=O)c2cccc(NC(=O)Nc3cccc4ccccc34)c2O[C@H]1CN(C)S(=O)(=O)c1ccc2c(c1)OCC2. The van der Waals surface area contributed by atoms with Crippen LogP contribution in [0.2, 0.25) is 0 Å². The van der Waals surface area contributed by atoms with E-state index in [2.05, 4.69) is 10.6 Å². The van der Waals surface area contributed by atoms with Crippen molar-refractivity contribution in [3.8, 4) is 11.5 Å². The Balaban J connectivity index is 1.31. The number of anilines is 2. The molecule has 6 rings (SSSR count). The Morgan fingerprint density at radius 2 is 1.77 bits per heavy atom. The highest BCUT2D eigenvalue weighted by Crippen LogP contribution is 2.36. The van der Waals surface area contributed by atoms with Crippen molar-refractivity contribution in [1.29, 1.82) is 0 Å². The van der Waals surface area contributed by atoms with E-state index in [1.807, 2.05) is 43.3 Å². The lowest BCUT2D eigenvalue weighted by Crippen LogP contribution is -2.50. The first-order valence-electron chi connectivity index (χ1n) is 15.6. The van der Waals surface area contributed by atoms with Crippen LogP contribution in [0.4, 0.5) is 16.2 Å². The third kappa shape index (κ3) is 6.49. The predicted molar refractivity (Wildman–Crippen MR) is 180 cm³/mol. The second-order valence-electron chi connectivity index (χ2n) is 12.1. The molecular formula is C35H38N4O7S. The van der Waals surface area contributed by atoms with Gasteiger partial charge in [-0.2, -0.15) is 4.31 Å². The summed E-state index contributed by atoms with van der Waals surface area (Å²) in [6, 6.07) is 22.0. The molecule has 4 aromatic carbocycles. The molecule has 12 heteroatoms. The summed E-state index contributed by atoms with van der Waals surface area (Å²) >= 11 is 0. The van der Waals surface area contributed by atoms with Gasteiger partial charge in [-0.25, -0.2) is 13.2 Å². The molecule has 47 heavy (non-hydrogen) atoms. The number of carbonyl (C=O) groups excluding carboxylic acids is 2. The van der Waals surface area contributed by atoms with Crippen LogP contribution in [0.25, 0.3) is 10.8 Å². The fourth-order valence-corrected chi connectivity index (χ4v) is 7.21. The second-order valence-corrected chi connectivity index (χ2v) is 14.1. The van der Waals surface area contributed by atoms with Gasteiger partial charge < -0.3 is 30.1 Å². The second kappa shape index (κ2) is 13.2. The number of hydrogen-bond donors (Lipinski definition) is 3. The number of rotatable bonds is 8. The molecule has 3 N–H and O–H groups in total. The Morgan fingerprint density at radius 3 is 2.57 bits per heavy atom. The number of carbonyl (C=O) groups is 2. The fraction of sp³-hybridized carbons (Fsp3) is 0.314. The molecule has 0 saturated carbocycles. The smallest absolute Gasteiger partial charge is 0.323 e. The molecule has 0 aliphatic carbocycles. The molecule has 0 fully saturated rings. The van der Waals surface area contributed by atoms with Gasteiger partial charge in [0.2, 0.25) is 10.0 Å². The maximum absolute atomic E-state index is 13.9. The van der Waals surface area contributed by atoms with Gasteiger partial charge in [0.05, 0.1) is 47.6 Å². The zero-order chi connectivity index (χ0) is 33.3. The summed E-state index contributed by atoms with van der Waals surface area (Å²) < 4.78 is 40.8. The number of hydrogen-bond acceptors (Lipinski definition) is 7. The highest BCUT2D eigenvalue weighted by molar-refractivity contribution is 7.89. The third-order valence-electron chi connectivity index (χ3n) is 8.79. The lowest BCUT2D eigenvalue weighted by atomic mass is 9.99. The van der Waals surface area contributed by atoms with Crippen molar-refractivity contribution >= 4 is 44.1 Å². The summed E-state index contributed by atoms with van der Waals surface area (Å²) in [5.41, 5.74) is 2.00. The van der Waals surface area contributed by atoms with Crippen LogP contribution in [0.5, 0.6) is 11.5 Å². The topological polar surface area (TPSA) is 138 Å². The Labute approximate surface area is 274 Å². The van der Waals surface area contributed by atoms with Crippen molar-refractivity contribution in [2.45, 2.75) is 37.3 Å². The standard InChI is InChI=1S/C35H38N4O7S/c1-22-19-39(23(2)21-40)34(41)28-11-7-13-30(37-35(42)36-29-12-6-9-24-8-4-5-10-27(24)29)33(28)46-32(22)20-38(3)47(43,44)26-15-14-25-16-17-45-31(25)18-26/h4-15,18,22-23,32,40H,16-17,19-21H2,1-3H3,(H2,36,37,42)/t22-,23+,32+/m1/s1. The van der Waals surface area contributed by atoms with E-state index >= 15 is 0 Å². The molecule has 2 aliphatic heterocycles. The van der Waals surface area contributed by atoms with Crippen LogP contribution in [0.1, 0.15) is 29.8 Å². The molecule has 4 aromatic rings. The average Bonchev–Trinajstić information content (AvgIpc) is 3.54. The van der Waals surface area contributed by atoms with Gasteiger partial charge in [-0.1, -0.05) is 55.5 Å². The Morgan fingerprint density at radius 1 is 1.04 bits per heavy atom. The van der Waals surface area contributed by atoms with Gasteiger partial charge in [-0.15, -0.1) is 0 Å². The Hall–Kier alpha value is -4.65. The van der Waals surface area contributed by atoms with E-state index in [0.717, 1.165) is 22.8 Å². The molecule has 11 nitrogen and oxygen atoms in total. The van der Waals surface area contributed by atoms with E-state index in [9.17, 15) is 23.1 Å². The fourth-order valence-electron chi connectivity index (χ4n) is 6.01. The molecule has 0 unspecified atom stereocenters. The number of nitrogens with zero attached hydrogens (tertiary/aromatic N) is 2. The van der Waals surface area contributed by atoms with E-state index in [1.165, 1.54) is 11.4 Å². The molecule has 2 aliphatic rings. The highest BCUT2D eigenvalue weighted by atomic mass is 32.2. The molecule has 0 bridgehead atoms. The molecular weight excluding hydrogens is 620 g/mol. The van der Waals surface area contributed by atoms with Crippen molar-refractivity contribution in [1.82, 2.24) is 9.21 Å². The molecule has 0 aromatic heterocycles. The Bertz CT molecular complexity index is 1930. The molecule has 0 radical (unpaired) electrons. The van der Waals surface area contributed by atoms with Gasteiger partial charge in [0, 0.05) is 37.4 Å². The summed E-state index contributed by atoms with van der Waals surface area (Å²) in [5, 5.41) is 17.6. The van der Waals surface area contributed by atoms with E-state index in [4.69, 9.17) is 9.47 Å². The van der Waals surface area contributed by atoms with Crippen molar-refractivity contribution in [3.05, 3.63) is 90.0 Å². The van der Waals surface area contributed by atoms with Crippen molar-refractivity contribution in [2.24, 2.45) is 5.92 Å². The molecule has 0 spiro atoms. The van der Waals surface area contributed by atoms with Gasteiger partial charge in [0.1, 0.15) is 11.9 Å². The number of nitrogens with one attached hydrogen (secondary N) is 2. The summed E-state index contributed by atoms with van der Waals surface area (Å²) in [4.78, 5) is 28.9. The summed E-state index contributed by atoms with van der Waals surface area (Å²) in [5.74, 6) is -0.0497. The highest BCUT2D eigenvalue weighted by Gasteiger charge is 2.36. The van der Waals surface area contributed by atoms with Crippen LogP contribution >= 0.6 is 0 Å². The number of ether oxygens (including phenoxy) is 2. The minimum absolute atomic E-state index is 0.0487. The number of urea groups is 1. The number of fused-ring (bicyclic) bond motifs is 3. The van der Waals surface area contributed by atoms with Gasteiger partial charge in [-0.3, -0.25) is 4.79 Å². The monoisotopic (exact) mass is 658 g/mol. The van der Waals surface area contributed by atoms with Crippen LogP contribution in [-0.4, -0.2) is 80.2 Å². The van der Waals surface area contributed by atoms with Gasteiger partial charge >= 0.3 is 6.03 Å². The minimum Gasteiger partial charge on any atom is -0.493 e. The maximum Gasteiger partial charge on any atom is 0.323 e. The van der Waals surface area contributed by atoms with Crippen LogP contribution in [0, 0.1) is 5.92 Å². The number of benzene rings is 4.